The van der Waals surface area contributed by atoms with Crippen LogP contribution in [0.1, 0.15) is 70.6 Å². The fourth-order valence-electron chi connectivity index (χ4n) is 5.34. The summed E-state index contributed by atoms with van der Waals surface area (Å²) in [6.07, 6.45) is 0.152. The molecule has 0 radical (unpaired) electrons. The fraction of sp³-hybridized carbons (Fsp3) is 0.176. The standard InChI is InChI=1S/C34H29NO4/c1-19-6-10-26(20(2)14-19)27-11-7-23(15-21(27)3)16-32(37)30-17-24(8-12-28(30)22(4)36)25-9-13-29-31(18-25)34(39)35(5)33(29)38/h6-15,17-18H,16H2,1-5H3. The third-order valence-corrected chi connectivity index (χ3v) is 7.45. The van der Waals surface area contributed by atoms with Crippen LogP contribution in [-0.4, -0.2) is 35.3 Å². The van der Waals surface area contributed by atoms with Crippen LogP contribution in [0.15, 0.2) is 72.8 Å². The number of rotatable bonds is 6. The number of benzene rings is 4. The van der Waals surface area contributed by atoms with Gasteiger partial charge >= 0.3 is 0 Å². The molecule has 5 nitrogen and oxygen atoms in total. The van der Waals surface area contributed by atoms with Crippen LogP contribution < -0.4 is 0 Å². The predicted octanol–water partition coefficient (Wildman–Crippen LogP) is 6.80. The van der Waals surface area contributed by atoms with Crippen molar-refractivity contribution in [3.63, 3.8) is 0 Å². The highest BCUT2D eigenvalue weighted by atomic mass is 16.2. The van der Waals surface area contributed by atoms with E-state index in [0.717, 1.165) is 21.6 Å². The number of fused-ring (bicyclic) bond motifs is 1. The molecule has 1 heterocycles. The minimum absolute atomic E-state index is 0.152. The monoisotopic (exact) mass is 515 g/mol. The molecule has 5 rings (SSSR count). The van der Waals surface area contributed by atoms with Gasteiger partial charge < -0.3 is 0 Å². The van der Waals surface area contributed by atoms with Gasteiger partial charge in [0.25, 0.3) is 11.8 Å². The van der Waals surface area contributed by atoms with E-state index >= 15 is 0 Å². The summed E-state index contributed by atoms with van der Waals surface area (Å²) in [5.41, 5.74) is 9.46. The molecule has 0 fully saturated rings. The maximum atomic E-state index is 13.5. The summed E-state index contributed by atoms with van der Waals surface area (Å²) < 4.78 is 0. The molecule has 1 aliphatic rings. The lowest BCUT2D eigenvalue weighted by Crippen LogP contribution is -2.24. The maximum Gasteiger partial charge on any atom is 0.261 e. The van der Waals surface area contributed by atoms with Crippen LogP contribution in [0.3, 0.4) is 0 Å². The van der Waals surface area contributed by atoms with Gasteiger partial charge in [-0.3, -0.25) is 24.1 Å². The van der Waals surface area contributed by atoms with Crippen LogP contribution in [0.4, 0.5) is 0 Å². The number of hydrogen-bond acceptors (Lipinski definition) is 4. The van der Waals surface area contributed by atoms with E-state index in [-0.39, 0.29) is 29.8 Å². The first-order chi connectivity index (χ1) is 18.5. The van der Waals surface area contributed by atoms with Crippen molar-refractivity contribution in [1.29, 1.82) is 0 Å². The fourth-order valence-corrected chi connectivity index (χ4v) is 5.34. The van der Waals surface area contributed by atoms with Gasteiger partial charge in [-0.1, -0.05) is 60.2 Å². The first-order valence-electron chi connectivity index (χ1n) is 12.9. The third-order valence-electron chi connectivity index (χ3n) is 7.45. The highest BCUT2D eigenvalue weighted by molar-refractivity contribution is 6.21. The number of hydrogen-bond donors (Lipinski definition) is 0. The molecule has 1 aliphatic heterocycles. The molecule has 0 bridgehead atoms. The molecule has 5 heteroatoms. The Kier molecular flexibility index (Phi) is 6.61. The summed E-state index contributed by atoms with van der Waals surface area (Å²) in [6.45, 7) is 7.67. The molecule has 0 unspecified atom stereocenters. The molecule has 194 valence electrons. The van der Waals surface area contributed by atoms with Crippen LogP contribution in [0.2, 0.25) is 0 Å². The van der Waals surface area contributed by atoms with Gasteiger partial charge in [0.15, 0.2) is 11.6 Å². The smallest absolute Gasteiger partial charge is 0.261 e. The van der Waals surface area contributed by atoms with Crippen LogP contribution >= 0.6 is 0 Å². The van der Waals surface area contributed by atoms with Crippen molar-refractivity contribution in [2.45, 2.75) is 34.1 Å². The van der Waals surface area contributed by atoms with E-state index in [9.17, 15) is 19.2 Å². The summed E-state index contributed by atoms with van der Waals surface area (Å²) in [6, 6.07) is 22.6. The van der Waals surface area contributed by atoms with Crippen molar-refractivity contribution >= 4 is 23.4 Å². The molecule has 4 aromatic rings. The zero-order chi connectivity index (χ0) is 28.0. The second-order valence-electron chi connectivity index (χ2n) is 10.3. The number of nitrogens with zero attached hydrogens (tertiary/aromatic N) is 1. The van der Waals surface area contributed by atoms with Gasteiger partial charge in [0, 0.05) is 24.6 Å². The first kappa shape index (κ1) is 26.0. The van der Waals surface area contributed by atoms with Crippen LogP contribution in [-0.2, 0) is 6.42 Å². The van der Waals surface area contributed by atoms with Gasteiger partial charge in [-0.2, -0.15) is 0 Å². The molecule has 0 spiro atoms. The average molecular weight is 516 g/mol. The third kappa shape index (κ3) is 4.72. The zero-order valence-electron chi connectivity index (χ0n) is 22.7. The summed E-state index contributed by atoms with van der Waals surface area (Å²) in [5, 5.41) is 0. The molecule has 4 aromatic carbocycles. The van der Waals surface area contributed by atoms with E-state index in [1.54, 1.807) is 36.4 Å². The molecule has 0 N–H and O–H groups in total. The molecule has 0 aromatic heterocycles. The summed E-state index contributed by atoms with van der Waals surface area (Å²) >= 11 is 0. The molecule has 0 aliphatic carbocycles. The number of aryl methyl sites for hydroxylation is 3. The first-order valence-corrected chi connectivity index (χ1v) is 12.9. The number of ketones is 2. The topological polar surface area (TPSA) is 71.5 Å². The summed E-state index contributed by atoms with van der Waals surface area (Å²) in [7, 11) is 1.46. The van der Waals surface area contributed by atoms with E-state index in [1.807, 2.05) is 19.1 Å². The lowest BCUT2D eigenvalue weighted by Gasteiger charge is -2.13. The summed E-state index contributed by atoms with van der Waals surface area (Å²) in [5.74, 6) is -1.04. The van der Waals surface area contributed by atoms with E-state index < -0.39 is 0 Å². The van der Waals surface area contributed by atoms with E-state index in [0.29, 0.717) is 33.4 Å². The Morgan fingerprint density at radius 2 is 1.23 bits per heavy atom. The maximum absolute atomic E-state index is 13.5. The Bertz CT molecular complexity index is 1710. The van der Waals surface area contributed by atoms with Crippen molar-refractivity contribution in [2.24, 2.45) is 0 Å². The zero-order valence-corrected chi connectivity index (χ0v) is 22.7. The number of amides is 2. The lowest BCUT2D eigenvalue weighted by molar-refractivity contribution is 0.0692. The van der Waals surface area contributed by atoms with Crippen LogP contribution in [0.25, 0.3) is 22.3 Å². The average Bonchev–Trinajstić information content (AvgIpc) is 3.12. The SMILES string of the molecule is CC(=O)c1ccc(-c2ccc3c(c2)C(=O)N(C)C3=O)cc1C(=O)Cc1ccc(-c2ccc(C)cc2C)c(C)c1. The number of carbonyl (C=O) groups is 4. The highest BCUT2D eigenvalue weighted by Gasteiger charge is 2.32. The number of Topliss-reactive ketones (excluding diaryl/α,β-unsaturated/α-hetero) is 2. The van der Waals surface area contributed by atoms with Gasteiger partial charge in [0.05, 0.1) is 11.1 Å². The Balaban J connectivity index is 1.47. The van der Waals surface area contributed by atoms with Crippen molar-refractivity contribution < 1.29 is 19.2 Å². The Morgan fingerprint density at radius 1 is 0.641 bits per heavy atom. The van der Waals surface area contributed by atoms with Crippen molar-refractivity contribution in [3.8, 4) is 22.3 Å². The number of imide groups is 1. The molecule has 2 amide bonds. The molecule has 0 saturated carbocycles. The second kappa shape index (κ2) is 9.91. The largest absolute Gasteiger partial charge is 0.294 e. The second-order valence-corrected chi connectivity index (χ2v) is 10.3. The van der Waals surface area contributed by atoms with Gasteiger partial charge in [0.1, 0.15) is 0 Å². The molecule has 0 saturated heterocycles. The van der Waals surface area contributed by atoms with Gasteiger partial charge in [0.2, 0.25) is 0 Å². The van der Waals surface area contributed by atoms with Gasteiger partial charge in [-0.15, -0.1) is 0 Å². The molecular weight excluding hydrogens is 486 g/mol. The Morgan fingerprint density at radius 3 is 1.90 bits per heavy atom. The van der Waals surface area contributed by atoms with E-state index in [1.165, 1.54) is 30.7 Å². The van der Waals surface area contributed by atoms with Crippen LogP contribution in [0, 0.1) is 20.8 Å². The lowest BCUT2D eigenvalue weighted by atomic mass is 9.90. The molecule has 39 heavy (non-hydrogen) atoms. The van der Waals surface area contributed by atoms with Crippen molar-refractivity contribution in [2.75, 3.05) is 7.05 Å². The predicted molar refractivity (Wildman–Crippen MR) is 152 cm³/mol. The Hall–Kier alpha value is -4.64. The minimum Gasteiger partial charge on any atom is -0.294 e. The van der Waals surface area contributed by atoms with Crippen molar-refractivity contribution in [3.05, 3.63) is 117 Å². The van der Waals surface area contributed by atoms with Gasteiger partial charge in [-0.25, -0.2) is 0 Å². The summed E-state index contributed by atoms with van der Waals surface area (Å²) in [4.78, 5) is 51.8. The molecular formula is C34H29NO4. The quantitative estimate of drug-likeness (QED) is 0.209. The van der Waals surface area contributed by atoms with E-state index in [2.05, 4.69) is 38.1 Å². The Labute approximate surface area is 228 Å². The van der Waals surface area contributed by atoms with Crippen molar-refractivity contribution in [1.82, 2.24) is 4.90 Å². The van der Waals surface area contributed by atoms with E-state index in [4.69, 9.17) is 0 Å². The normalized spacial score (nSPS) is 12.6. The highest BCUT2D eigenvalue weighted by Crippen LogP contribution is 2.31. The number of carbonyl (C=O) groups excluding carboxylic acids is 4. The minimum atomic E-state index is -0.354. The van der Waals surface area contributed by atoms with Gasteiger partial charge in [-0.05, 0) is 84.8 Å². The van der Waals surface area contributed by atoms with Crippen LogP contribution in [0.5, 0.6) is 0 Å². The molecule has 0 atom stereocenters.